The minimum Gasteiger partial charge on any atom is -0.357 e. The standard InChI is InChI=1S/C24H21FN6O2/c1-15-14-20(32)21(28-31(15)19-11-6-3-8-16(19)25)24(33)30-13-7-12-29(2)22-23(30)27-18-10-5-4-9-17(18)26-22/h3-6,8-11,14H,7,12-13H2,1-2H3. The highest BCUT2D eigenvalue weighted by Gasteiger charge is 2.30. The predicted molar refractivity (Wildman–Crippen MR) is 124 cm³/mol. The van der Waals surface area contributed by atoms with E-state index in [-0.39, 0.29) is 11.4 Å². The molecule has 2 aromatic heterocycles. The highest BCUT2D eigenvalue weighted by Crippen LogP contribution is 2.30. The first kappa shape index (κ1) is 20.7. The second kappa shape index (κ2) is 8.09. The predicted octanol–water partition coefficient (Wildman–Crippen LogP) is 3.11. The van der Waals surface area contributed by atoms with E-state index in [2.05, 4.69) is 5.10 Å². The summed E-state index contributed by atoms with van der Waals surface area (Å²) >= 11 is 0. The number of aromatic nitrogens is 4. The monoisotopic (exact) mass is 444 g/mol. The molecule has 4 aromatic rings. The fraction of sp³-hybridized carbons (Fsp3) is 0.208. The summed E-state index contributed by atoms with van der Waals surface area (Å²) in [7, 11) is 1.89. The number of benzene rings is 2. The van der Waals surface area contributed by atoms with Crippen LogP contribution in [0, 0.1) is 12.7 Å². The molecule has 9 heteroatoms. The highest BCUT2D eigenvalue weighted by atomic mass is 19.1. The van der Waals surface area contributed by atoms with Gasteiger partial charge in [-0.05, 0) is 37.6 Å². The number of amides is 1. The Labute approximate surface area is 188 Å². The molecule has 3 heterocycles. The van der Waals surface area contributed by atoms with E-state index >= 15 is 0 Å². The molecule has 0 unspecified atom stereocenters. The largest absolute Gasteiger partial charge is 0.357 e. The Morgan fingerprint density at radius 1 is 0.970 bits per heavy atom. The minimum atomic E-state index is -0.591. The van der Waals surface area contributed by atoms with Crippen molar-refractivity contribution in [3.8, 4) is 5.69 Å². The number of anilines is 2. The molecule has 0 N–H and O–H groups in total. The van der Waals surface area contributed by atoms with Crippen LogP contribution in [0.15, 0.2) is 59.4 Å². The first-order chi connectivity index (χ1) is 15.9. The molecule has 0 bridgehead atoms. The van der Waals surface area contributed by atoms with Crippen LogP contribution < -0.4 is 15.2 Å². The summed E-state index contributed by atoms with van der Waals surface area (Å²) in [6.45, 7) is 2.66. The molecule has 1 aliphatic heterocycles. The van der Waals surface area contributed by atoms with Crippen LogP contribution in [0.1, 0.15) is 22.6 Å². The topological polar surface area (TPSA) is 84.2 Å². The smallest absolute Gasteiger partial charge is 0.284 e. The first-order valence-electron chi connectivity index (χ1n) is 10.6. The second-order valence-corrected chi connectivity index (χ2v) is 7.95. The molecular weight excluding hydrogens is 423 g/mol. The van der Waals surface area contributed by atoms with Crippen molar-refractivity contribution in [3.63, 3.8) is 0 Å². The van der Waals surface area contributed by atoms with E-state index in [1.807, 2.05) is 36.2 Å². The molecule has 0 saturated heterocycles. The Balaban J connectivity index is 1.65. The molecule has 0 saturated carbocycles. The summed E-state index contributed by atoms with van der Waals surface area (Å²) < 4.78 is 15.7. The Morgan fingerprint density at radius 3 is 2.36 bits per heavy atom. The van der Waals surface area contributed by atoms with Crippen LogP contribution in [-0.2, 0) is 0 Å². The van der Waals surface area contributed by atoms with Crippen molar-refractivity contribution in [3.05, 3.63) is 82.0 Å². The van der Waals surface area contributed by atoms with E-state index in [0.717, 1.165) is 0 Å². The molecule has 0 radical (unpaired) electrons. The van der Waals surface area contributed by atoms with Crippen LogP contribution >= 0.6 is 0 Å². The quantitative estimate of drug-likeness (QED) is 0.472. The third-order valence-corrected chi connectivity index (χ3v) is 5.66. The zero-order chi connectivity index (χ0) is 23.1. The molecule has 0 aliphatic carbocycles. The first-order valence-corrected chi connectivity index (χ1v) is 10.6. The number of carbonyl (C=O) groups excluding carboxylic acids is 1. The number of nitrogens with zero attached hydrogens (tertiary/aromatic N) is 6. The summed E-state index contributed by atoms with van der Waals surface area (Å²) in [4.78, 5) is 39.2. The zero-order valence-electron chi connectivity index (χ0n) is 18.2. The van der Waals surface area contributed by atoms with Gasteiger partial charge in [-0.3, -0.25) is 14.5 Å². The third-order valence-electron chi connectivity index (χ3n) is 5.66. The number of carbonyl (C=O) groups is 1. The Hall–Kier alpha value is -4.14. The molecule has 0 atom stereocenters. The van der Waals surface area contributed by atoms with Crippen molar-refractivity contribution in [2.45, 2.75) is 13.3 Å². The minimum absolute atomic E-state index is 0.158. The summed E-state index contributed by atoms with van der Waals surface area (Å²) in [6, 6.07) is 14.8. The maximum atomic E-state index is 14.4. The van der Waals surface area contributed by atoms with Crippen molar-refractivity contribution in [1.29, 1.82) is 0 Å². The van der Waals surface area contributed by atoms with E-state index in [0.29, 0.717) is 47.9 Å². The molecule has 0 spiro atoms. The number of para-hydroxylation sites is 3. The molecule has 8 nitrogen and oxygen atoms in total. The van der Waals surface area contributed by atoms with Crippen molar-refractivity contribution in [1.82, 2.24) is 19.7 Å². The van der Waals surface area contributed by atoms with Gasteiger partial charge in [0.1, 0.15) is 11.5 Å². The van der Waals surface area contributed by atoms with Gasteiger partial charge >= 0.3 is 0 Å². The second-order valence-electron chi connectivity index (χ2n) is 7.95. The van der Waals surface area contributed by atoms with Crippen LogP contribution in [0.5, 0.6) is 0 Å². The van der Waals surface area contributed by atoms with Crippen molar-refractivity contribution >= 4 is 28.6 Å². The molecule has 2 aromatic carbocycles. The van der Waals surface area contributed by atoms with Gasteiger partial charge in [0, 0.05) is 31.9 Å². The van der Waals surface area contributed by atoms with Crippen molar-refractivity contribution in [2.75, 3.05) is 29.9 Å². The Bertz CT molecular complexity index is 1450. The maximum Gasteiger partial charge on any atom is 0.284 e. The van der Waals surface area contributed by atoms with Crippen LogP contribution in [0.2, 0.25) is 0 Å². The number of aryl methyl sites for hydroxylation is 1. The Morgan fingerprint density at radius 2 is 1.64 bits per heavy atom. The van der Waals surface area contributed by atoms with Gasteiger partial charge in [0.25, 0.3) is 5.91 Å². The van der Waals surface area contributed by atoms with E-state index < -0.39 is 17.2 Å². The van der Waals surface area contributed by atoms with Gasteiger partial charge < -0.3 is 4.90 Å². The van der Waals surface area contributed by atoms with Crippen molar-refractivity contribution in [2.24, 2.45) is 0 Å². The number of halogens is 1. The Kier molecular flexibility index (Phi) is 5.08. The fourth-order valence-electron chi connectivity index (χ4n) is 3.98. The van der Waals surface area contributed by atoms with Crippen LogP contribution in [0.25, 0.3) is 16.7 Å². The summed E-state index contributed by atoms with van der Waals surface area (Å²) in [5.74, 6) is -0.167. The summed E-state index contributed by atoms with van der Waals surface area (Å²) in [5.41, 5.74) is 1.11. The number of fused-ring (bicyclic) bond motifs is 2. The lowest BCUT2D eigenvalue weighted by molar-refractivity contribution is 0.0979. The maximum absolute atomic E-state index is 14.4. The van der Waals surface area contributed by atoms with Crippen LogP contribution in [0.3, 0.4) is 0 Å². The molecular formula is C24H21FN6O2. The van der Waals surface area contributed by atoms with E-state index in [1.54, 1.807) is 25.1 Å². The van der Waals surface area contributed by atoms with Gasteiger partial charge in [0.05, 0.1) is 11.0 Å². The fourth-order valence-corrected chi connectivity index (χ4v) is 3.98. The van der Waals surface area contributed by atoms with Crippen molar-refractivity contribution < 1.29 is 9.18 Å². The van der Waals surface area contributed by atoms with Gasteiger partial charge in [0.15, 0.2) is 17.3 Å². The normalized spacial score (nSPS) is 13.7. The lowest BCUT2D eigenvalue weighted by Gasteiger charge is -2.22. The molecule has 5 rings (SSSR count). The molecule has 1 amide bonds. The average Bonchev–Trinajstić information content (AvgIpc) is 2.96. The van der Waals surface area contributed by atoms with E-state index in [9.17, 15) is 14.0 Å². The van der Waals surface area contributed by atoms with Crippen LogP contribution in [-0.4, -0.2) is 45.8 Å². The van der Waals surface area contributed by atoms with Crippen LogP contribution in [0.4, 0.5) is 16.0 Å². The molecule has 166 valence electrons. The lowest BCUT2D eigenvalue weighted by Crippen LogP contribution is -2.37. The van der Waals surface area contributed by atoms with Gasteiger partial charge in [-0.2, -0.15) is 5.10 Å². The summed E-state index contributed by atoms with van der Waals surface area (Å²) in [5, 5.41) is 4.27. The number of hydrogen-bond donors (Lipinski definition) is 0. The zero-order valence-corrected chi connectivity index (χ0v) is 18.2. The lowest BCUT2D eigenvalue weighted by atomic mass is 10.2. The molecule has 1 aliphatic rings. The molecule has 33 heavy (non-hydrogen) atoms. The summed E-state index contributed by atoms with van der Waals surface area (Å²) in [6.07, 6.45) is 0.657. The van der Waals surface area contributed by atoms with E-state index in [1.165, 1.54) is 21.7 Å². The highest BCUT2D eigenvalue weighted by molar-refractivity contribution is 6.06. The van der Waals surface area contributed by atoms with Gasteiger partial charge in [-0.15, -0.1) is 0 Å². The average molecular weight is 444 g/mol. The van der Waals surface area contributed by atoms with Gasteiger partial charge in [-0.25, -0.2) is 19.0 Å². The number of hydrogen-bond acceptors (Lipinski definition) is 6. The van der Waals surface area contributed by atoms with Gasteiger partial charge in [0.2, 0.25) is 5.43 Å². The van der Waals surface area contributed by atoms with Gasteiger partial charge in [-0.1, -0.05) is 24.3 Å². The third kappa shape index (κ3) is 3.61. The molecule has 0 fully saturated rings. The van der Waals surface area contributed by atoms with E-state index in [4.69, 9.17) is 9.97 Å². The number of rotatable bonds is 2. The SMILES string of the molecule is Cc1cc(=O)c(C(=O)N2CCCN(C)c3nc4ccccc4nc32)nn1-c1ccccc1F.